The van der Waals surface area contributed by atoms with Crippen LogP contribution in [0.5, 0.6) is 0 Å². The van der Waals surface area contributed by atoms with E-state index in [0.717, 1.165) is 16.7 Å². The van der Waals surface area contributed by atoms with Gasteiger partial charge < -0.3 is 24.6 Å². The van der Waals surface area contributed by atoms with Gasteiger partial charge in [-0.25, -0.2) is 0 Å². The molecule has 0 bridgehead atoms. The molecule has 0 aliphatic heterocycles. The Morgan fingerprint density at radius 3 is 1.71 bits per heavy atom. The summed E-state index contributed by atoms with van der Waals surface area (Å²) >= 11 is 6.13. The van der Waals surface area contributed by atoms with Crippen molar-refractivity contribution in [2.24, 2.45) is 0 Å². The van der Waals surface area contributed by atoms with E-state index in [4.69, 9.17) is 25.8 Å². The third-order valence-electron chi connectivity index (χ3n) is 5.67. The van der Waals surface area contributed by atoms with Gasteiger partial charge in [-0.15, -0.1) is 11.6 Å². The molecule has 5 nitrogen and oxygen atoms in total. The number of ether oxygens (including phenoxy) is 3. The highest BCUT2D eigenvalue weighted by atomic mass is 35.5. The molecule has 4 atom stereocenters. The Morgan fingerprint density at radius 1 is 0.743 bits per heavy atom. The highest BCUT2D eigenvalue weighted by Gasteiger charge is 2.32. The molecule has 6 heteroatoms. The maximum Gasteiger partial charge on any atom is 0.109 e. The average Bonchev–Trinajstić information content (AvgIpc) is 2.91. The molecule has 3 rings (SSSR count). The fourth-order valence-electron chi connectivity index (χ4n) is 3.80. The molecule has 0 amide bonds. The van der Waals surface area contributed by atoms with Gasteiger partial charge in [0.25, 0.3) is 0 Å². The summed E-state index contributed by atoms with van der Waals surface area (Å²) in [5.41, 5.74) is 3.18. The van der Waals surface area contributed by atoms with Crippen LogP contribution in [-0.2, 0) is 34.0 Å². The van der Waals surface area contributed by atoms with Crippen LogP contribution in [-0.4, -0.2) is 48.5 Å². The van der Waals surface area contributed by atoms with E-state index in [1.807, 2.05) is 97.9 Å². The van der Waals surface area contributed by atoms with Gasteiger partial charge in [0.15, 0.2) is 0 Å². The van der Waals surface area contributed by atoms with Crippen LogP contribution in [0.3, 0.4) is 0 Å². The van der Waals surface area contributed by atoms with Gasteiger partial charge in [0.2, 0.25) is 0 Å². The number of nitrogens with one attached hydrogen (secondary N) is 1. The molecule has 3 aromatic carbocycles. The zero-order chi connectivity index (χ0) is 24.7. The number of aliphatic hydroxyl groups is 1. The minimum atomic E-state index is -0.556. The van der Waals surface area contributed by atoms with Gasteiger partial charge in [-0.05, 0) is 23.6 Å². The number of hydrogen-bond acceptors (Lipinski definition) is 5. The molecule has 0 radical (unpaired) electrons. The summed E-state index contributed by atoms with van der Waals surface area (Å²) < 4.78 is 18.7. The van der Waals surface area contributed by atoms with E-state index in [9.17, 15) is 5.11 Å². The highest BCUT2D eigenvalue weighted by molar-refractivity contribution is 6.18. The molecule has 0 heterocycles. The van der Waals surface area contributed by atoms with E-state index in [-0.39, 0.29) is 18.7 Å². The summed E-state index contributed by atoms with van der Waals surface area (Å²) in [5.74, 6) is 0.440. The second-order valence-corrected chi connectivity index (χ2v) is 8.92. The van der Waals surface area contributed by atoms with Crippen molar-refractivity contribution in [2.45, 2.75) is 51.0 Å². The number of halogens is 1. The molecule has 0 aromatic heterocycles. The molecule has 0 fully saturated rings. The summed E-state index contributed by atoms with van der Waals surface area (Å²) in [4.78, 5) is 0. The van der Waals surface area contributed by atoms with E-state index in [0.29, 0.717) is 32.3 Å². The largest absolute Gasteiger partial charge is 0.394 e. The third kappa shape index (κ3) is 9.73. The molecule has 35 heavy (non-hydrogen) atoms. The number of rotatable bonds is 16. The van der Waals surface area contributed by atoms with Crippen molar-refractivity contribution < 1.29 is 19.3 Å². The van der Waals surface area contributed by atoms with Crippen LogP contribution in [0.15, 0.2) is 91.0 Å². The Bertz CT molecular complexity index is 929. The maximum absolute atomic E-state index is 10.3. The molecule has 0 aliphatic rings. The van der Waals surface area contributed by atoms with E-state index in [1.54, 1.807) is 0 Å². The quantitative estimate of drug-likeness (QED) is 0.274. The second kappa shape index (κ2) is 15.7. The Balaban J connectivity index is 1.75. The summed E-state index contributed by atoms with van der Waals surface area (Å²) in [6, 6.07) is 29.7. The van der Waals surface area contributed by atoms with Crippen LogP contribution < -0.4 is 5.32 Å². The minimum Gasteiger partial charge on any atom is -0.394 e. The van der Waals surface area contributed by atoms with E-state index < -0.39 is 12.2 Å². The first-order valence-corrected chi connectivity index (χ1v) is 12.6. The van der Waals surface area contributed by atoms with E-state index in [1.165, 1.54) is 0 Å². The Morgan fingerprint density at radius 2 is 1.23 bits per heavy atom. The Kier molecular flexibility index (Phi) is 12.3. The summed E-state index contributed by atoms with van der Waals surface area (Å²) in [6.07, 6.45) is -1.02. The fourth-order valence-corrected chi connectivity index (χ4v) is 3.89. The van der Waals surface area contributed by atoms with Crippen LogP contribution in [0.2, 0.25) is 0 Å². The van der Waals surface area contributed by atoms with Crippen LogP contribution in [0.4, 0.5) is 0 Å². The monoisotopic (exact) mass is 497 g/mol. The van der Waals surface area contributed by atoms with Gasteiger partial charge in [-0.2, -0.15) is 0 Å². The predicted molar refractivity (Wildman–Crippen MR) is 140 cm³/mol. The van der Waals surface area contributed by atoms with E-state index in [2.05, 4.69) is 5.32 Å². The normalized spacial score (nSPS) is 14.8. The highest BCUT2D eigenvalue weighted by Crippen LogP contribution is 2.17. The third-order valence-corrected chi connectivity index (χ3v) is 6.14. The average molecular weight is 498 g/mol. The van der Waals surface area contributed by atoms with Crippen molar-refractivity contribution in [3.8, 4) is 0 Å². The van der Waals surface area contributed by atoms with Crippen LogP contribution in [0.1, 0.15) is 23.6 Å². The number of alkyl halides is 1. The first-order chi connectivity index (χ1) is 17.2. The zero-order valence-electron chi connectivity index (χ0n) is 20.3. The number of hydrogen-bond donors (Lipinski definition) is 2. The lowest BCUT2D eigenvalue weighted by Gasteiger charge is -2.35. The SMILES string of the molecule is CC(CCl)NC(COCc1ccccc1)C(OCc1ccccc1)C(CO)OCc1ccccc1. The second-order valence-electron chi connectivity index (χ2n) is 8.61. The molecule has 188 valence electrons. The van der Waals surface area contributed by atoms with Crippen LogP contribution in [0.25, 0.3) is 0 Å². The van der Waals surface area contributed by atoms with E-state index >= 15 is 0 Å². The molecule has 0 aliphatic carbocycles. The molecule has 4 unspecified atom stereocenters. The minimum absolute atomic E-state index is 0.0262. The lowest BCUT2D eigenvalue weighted by Crippen LogP contribution is -2.54. The maximum atomic E-state index is 10.3. The van der Waals surface area contributed by atoms with Crippen molar-refractivity contribution in [2.75, 3.05) is 19.1 Å². The van der Waals surface area contributed by atoms with Gasteiger partial charge in [-0.1, -0.05) is 91.0 Å². The van der Waals surface area contributed by atoms with Crippen molar-refractivity contribution in [3.63, 3.8) is 0 Å². The standard InChI is InChI=1S/C29H36ClNO4/c1-23(17-30)31-27(22-33-19-24-11-5-2-6-12-24)29(35-21-26-15-9-4-10-16-26)28(18-32)34-20-25-13-7-3-8-14-25/h2-16,23,27-29,31-32H,17-22H2,1H3. The lowest BCUT2D eigenvalue weighted by atomic mass is 10.0. The Labute approximate surface area is 214 Å². The fraction of sp³-hybridized carbons (Fsp3) is 0.379. The predicted octanol–water partition coefficient (Wildman–Crippen LogP) is 4.95. The smallest absolute Gasteiger partial charge is 0.109 e. The molecule has 0 saturated heterocycles. The summed E-state index contributed by atoms with van der Waals surface area (Å²) in [5, 5.41) is 13.8. The van der Waals surface area contributed by atoms with Crippen molar-refractivity contribution in [1.82, 2.24) is 5.32 Å². The topological polar surface area (TPSA) is 60.0 Å². The van der Waals surface area contributed by atoms with Gasteiger partial charge >= 0.3 is 0 Å². The number of benzene rings is 3. The van der Waals surface area contributed by atoms with Crippen molar-refractivity contribution in [3.05, 3.63) is 108 Å². The number of aliphatic hydroxyl groups excluding tert-OH is 1. The first-order valence-electron chi connectivity index (χ1n) is 12.0. The zero-order valence-corrected chi connectivity index (χ0v) is 21.0. The van der Waals surface area contributed by atoms with Crippen molar-refractivity contribution >= 4 is 11.6 Å². The molecule has 0 saturated carbocycles. The molecule has 0 spiro atoms. The van der Waals surface area contributed by atoms with Gasteiger partial charge in [-0.3, -0.25) is 0 Å². The van der Waals surface area contributed by atoms with Crippen molar-refractivity contribution in [1.29, 1.82) is 0 Å². The van der Waals surface area contributed by atoms with Crippen LogP contribution >= 0.6 is 11.6 Å². The van der Waals surface area contributed by atoms with Gasteiger partial charge in [0.1, 0.15) is 12.2 Å². The summed E-state index contributed by atoms with van der Waals surface area (Å²) in [7, 11) is 0. The molecule has 3 aromatic rings. The lowest BCUT2D eigenvalue weighted by molar-refractivity contribution is -0.125. The molecule has 2 N–H and O–H groups in total. The van der Waals surface area contributed by atoms with Gasteiger partial charge in [0, 0.05) is 11.9 Å². The van der Waals surface area contributed by atoms with Gasteiger partial charge in [0.05, 0.1) is 39.1 Å². The summed E-state index contributed by atoms with van der Waals surface area (Å²) in [6.45, 7) is 3.46. The molecular weight excluding hydrogens is 462 g/mol. The van der Waals surface area contributed by atoms with Crippen LogP contribution in [0, 0.1) is 0 Å². The first kappa shape index (κ1) is 27.3. The Hall–Kier alpha value is -2.25. The molecular formula is C29H36ClNO4.